The summed E-state index contributed by atoms with van der Waals surface area (Å²) in [5.74, 6) is 1.48. The maximum atomic E-state index is 10.9. The highest BCUT2D eigenvalue weighted by Gasteiger charge is 2.28. The molecule has 1 aliphatic heterocycles. The molecule has 0 radical (unpaired) electrons. The highest BCUT2D eigenvalue weighted by atomic mass is 79.9. The number of phenols is 1. The van der Waals surface area contributed by atoms with Gasteiger partial charge in [0.2, 0.25) is 0 Å². The van der Waals surface area contributed by atoms with E-state index in [9.17, 15) is 5.11 Å². The van der Waals surface area contributed by atoms with Gasteiger partial charge in [-0.1, -0.05) is 40.2 Å². The Morgan fingerprint density at radius 2 is 1.81 bits per heavy atom. The molecule has 0 saturated carbocycles. The smallest absolute Gasteiger partial charge is 0.162 e. The van der Waals surface area contributed by atoms with Crippen LogP contribution in [0, 0.1) is 0 Å². The van der Waals surface area contributed by atoms with Gasteiger partial charge in [0.05, 0.1) is 13.7 Å². The van der Waals surface area contributed by atoms with Gasteiger partial charge in [-0.15, -0.1) is 0 Å². The first kappa shape index (κ1) is 21.4. The Kier molecular flexibility index (Phi) is 6.59. The average molecular weight is 481 g/mol. The summed E-state index contributed by atoms with van der Waals surface area (Å²) < 4.78 is 11.9. The zero-order chi connectivity index (χ0) is 21.8. The fraction of sp³-hybridized carbons (Fsp3) is 0.240. The van der Waals surface area contributed by atoms with E-state index in [0.29, 0.717) is 18.8 Å². The van der Waals surface area contributed by atoms with Crippen molar-refractivity contribution in [1.29, 1.82) is 0 Å². The number of aromatic hydroxyl groups is 1. The van der Waals surface area contributed by atoms with Gasteiger partial charge in [-0.2, -0.15) is 0 Å². The standard InChI is InChI=1S/C25H25BrN2O3/c1-3-31-23-6-4-5-20(24(23)29)22-15-21(16-9-13-19(30-2)14-10-16)27-25(28-22)17-7-11-18(26)12-8-17/h4-14,22,25,28-29H,3,15H2,1-2H3/t22-,25+/m1/s1. The molecule has 5 nitrogen and oxygen atoms in total. The molecule has 1 aliphatic rings. The summed E-state index contributed by atoms with van der Waals surface area (Å²) in [5, 5.41) is 14.5. The van der Waals surface area contributed by atoms with E-state index < -0.39 is 0 Å². The number of ether oxygens (including phenoxy) is 2. The van der Waals surface area contributed by atoms with Gasteiger partial charge < -0.3 is 14.6 Å². The van der Waals surface area contributed by atoms with Crippen LogP contribution < -0.4 is 14.8 Å². The van der Waals surface area contributed by atoms with Crippen LogP contribution in [0.4, 0.5) is 0 Å². The lowest BCUT2D eigenvalue weighted by molar-refractivity contribution is 0.313. The molecule has 0 unspecified atom stereocenters. The van der Waals surface area contributed by atoms with Gasteiger partial charge in [0.15, 0.2) is 11.5 Å². The lowest BCUT2D eigenvalue weighted by Gasteiger charge is -2.31. The Labute approximate surface area is 190 Å². The quantitative estimate of drug-likeness (QED) is 0.468. The highest BCUT2D eigenvalue weighted by molar-refractivity contribution is 9.10. The minimum Gasteiger partial charge on any atom is -0.504 e. The van der Waals surface area contributed by atoms with Gasteiger partial charge >= 0.3 is 0 Å². The molecule has 3 aromatic carbocycles. The molecule has 0 fully saturated rings. The van der Waals surface area contributed by atoms with Crippen molar-refractivity contribution in [3.8, 4) is 17.2 Å². The topological polar surface area (TPSA) is 63.1 Å². The minimum absolute atomic E-state index is 0.122. The Hall–Kier alpha value is -2.83. The number of hydrogen-bond donors (Lipinski definition) is 2. The minimum atomic E-state index is -0.237. The van der Waals surface area contributed by atoms with Crippen LogP contribution in [-0.4, -0.2) is 24.5 Å². The Morgan fingerprint density at radius 1 is 1.06 bits per heavy atom. The normalized spacial score (nSPS) is 18.4. The van der Waals surface area contributed by atoms with Gasteiger partial charge in [-0.3, -0.25) is 10.3 Å². The maximum Gasteiger partial charge on any atom is 0.162 e. The molecule has 0 saturated heterocycles. The molecule has 160 valence electrons. The zero-order valence-electron chi connectivity index (χ0n) is 17.5. The molecule has 31 heavy (non-hydrogen) atoms. The first-order valence-corrected chi connectivity index (χ1v) is 11.1. The maximum absolute atomic E-state index is 10.9. The third kappa shape index (κ3) is 4.75. The van der Waals surface area contributed by atoms with Gasteiger partial charge in [0, 0.05) is 28.2 Å². The molecule has 0 bridgehead atoms. The SMILES string of the molecule is CCOc1cccc([C@H]2CC(c3ccc(OC)cc3)=N[C@H](c3ccc(Br)cc3)N2)c1O. The summed E-state index contributed by atoms with van der Waals surface area (Å²) in [5.41, 5.74) is 3.86. The first-order valence-electron chi connectivity index (χ1n) is 10.3. The van der Waals surface area contributed by atoms with Crippen molar-refractivity contribution in [2.24, 2.45) is 4.99 Å². The van der Waals surface area contributed by atoms with Crippen molar-refractivity contribution in [3.05, 3.63) is 87.9 Å². The molecule has 0 spiro atoms. The average Bonchev–Trinajstić information content (AvgIpc) is 2.81. The Balaban J connectivity index is 1.73. The summed E-state index contributed by atoms with van der Waals surface area (Å²) in [7, 11) is 1.66. The summed E-state index contributed by atoms with van der Waals surface area (Å²) in [6, 6.07) is 21.6. The van der Waals surface area contributed by atoms with Crippen LogP contribution in [0.1, 0.15) is 42.2 Å². The molecule has 2 atom stereocenters. The highest BCUT2D eigenvalue weighted by Crippen LogP contribution is 2.39. The monoisotopic (exact) mass is 480 g/mol. The largest absolute Gasteiger partial charge is 0.504 e. The number of methoxy groups -OCH3 is 1. The van der Waals surface area contributed by atoms with Gasteiger partial charge in [0.25, 0.3) is 0 Å². The van der Waals surface area contributed by atoms with Crippen LogP contribution in [0.2, 0.25) is 0 Å². The van der Waals surface area contributed by atoms with E-state index >= 15 is 0 Å². The predicted octanol–water partition coefficient (Wildman–Crippen LogP) is 5.78. The van der Waals surface area contributed by atoms with Gasteiger partial charge in [-0.05, 0) is 60.5 Å². The summed E-state index contributed by atoms with van der Waals surface area (Å²) in [6.45, 7) is 2.40. The number of hydrogen-bond acceptors (Lipinski definition) is 5. The molecular weight excluding hydrogens is 456 g/mol. The second-order valence-corrected chi connectivity index (χ2v) is 8.22. The summed E-state index contributed by atoms with van der Waals surface area (Å²) in [4.78, 5) is 5.01. The molecule has 4 rings (SSSR count). The number of nitrogens with one attached hydrogen (secondary N) is 1. The molecule has 0 aromatic heterocycles. The summed E-state index contributed by atoms with van der Waals surface area (Å²) >= 11 is 3.50. The van der Waals surface area contributed by atoms with Crippen molar-refractivity contribution in [2.45, 2.75) is 25.6 Å². The van der Waals surface area contributed by atoms with E-state index in [-0.39, 0.29) is 18.0 Å². The number of halogens is 1. The van der Waals surface area contributed by atoms with E-state index in [0.717, 1.165) is 32.6 Å². The Morgan fingerprint density at radius 3 is 2.48 bits per heavy atom. The molecule has 6 heteroatoms. The predicted molar refractivity (Wildman–Crippen MR) is 126 cm³/mol. The van der Waals surface area contributed by atoms with Gasteiger partial charge in [0.1, 0.15) is 11.9 Å². The third-order valence-corrected chi connectivity index (χ3v) is 5.88. The third-order valence-electron chi connectivity index (χ3n) is 5.36. The van der Waals surface area contributed by atoms with Crippen molar-refractivity contribution < 1.29 is 14.6 Å². The zero-order valence-corrected chi connectivity index (χ0v) is 19.1. The number of benzene rings is 3. The van der Waals surface area contributed by atoms with Crippen LogP contribution in [0.3, 0.4) is 0 Å². The molecule has 0 amide bonds. The van der Waals surface area contributed by atoms with Crippen molar-refractivity contribution >= 4 is 21.6 Å². The molecular formula is C25H25BrN2O3. The van der Waals surface area contributed by atoms with Crippen LogP contribution in [0.5, 0.6) is 17.2 Å². The van der Waals surface area contributed by atoms with Crippen molar-refractivity contribution in [1.82, 2.24) is 5.32 Å². The lowest BCUT2D eigenvalue weighted by Crippen LogP contribution is -2.33. The van der Waals surface area contributed by atoms with Crippen LogP contribution >= 0.6 is 15.9 Å². The molecule has 1 heterocycles. The number of rotatable bonds is 6. The summed E-state index contributed by atoms with van der Waals surface area (Å²) in [6.07, 6.45) is 0.404. The first-order chi connectivity index (χ1) is 15.1. The van der Waals surface area contributed by atoms with E-state index in [1.54, 1.807) is 13.2 Å². The van der Waals surface area contributed by atoms with Crippen molar-refractivity contribution in [3.63, 3.8) is 0 Å². The fourth-order valence-electron chi connectivity index (χ4n) is 3.77. The van der Waals surface area contributed by atoms with Crippen LogP contribution in [0.15, 0.2) is 76.2 Å². The molecule has 2 N–H and O–H groups in total. The van der Waals surface area contributed by atoms with Crippen LogP contribution in [-0.2, 0) is 0 Å². The fourth-order valence-corrected chi connectivity index (χ4v) is 4.04. The number of phenolic OH excluding ortho intramolecular Hbond substituents is 1. The Bertz CT molecular complexity index is 1070. The number of nitrogens with zero attached hydrogens (tertiary/aromatic N) is 1. The molecule has 3 aromatic rings. The van der Waals surface area contributed by atoms with Gasteiger partial charge in [-0.25, -0.2) is 0 Å². The lowest BCUT2D eigenvalue weighted by atomic mass is 9.93. The number of aliphatic imine (C=N–C) groups is 1. The van der Waals surface area contributed by atoms with Crippen molar-refractivity contribution in [2.75, 3.05) is 13.7 Å². The van der Waals surface area contributed by atoms with E-state index in [1.165, 1.54) is 0 Å². The number of para-hydroxylation sites is 1. The van der Waals surface area contributed by atoms with Crippen LogP contribution in [0.25, 0.3) is 0 Å². The second-order valence-electron chi connectivity index (χ2n) is 7.31. The second kappa shape index (κ2) is 9.54. The molecule has 0 aliphatic carbocycles. The van der Waals surface area contributed by atoms with E-state index in [2.05, 4.69) is 33.4 Å². The van der Waals surface area contributed by atoms with E-state index in [4.69, 9.17) is 14.5 Å². The van der Waals surface area contributed by atoms with E-state index in [1.807, 2.05) is 55.5 Å².